The Morgan fingerprint density at radius 1 is 0.438 bits per heavy atom. The van der Waals surface area contributed by atoms with Crippen LogP contribution in [-0.4, -0.2) is 47.4 Å². The number of ether oxygens (including phenoxy) is 1. The second kappa shape index (κ2) is 53.7. The Kier molecular flexibility index (Phi) is 52.1. The highest BCUT2D eigenvalue weighted by Crippen LogP contribution is 2.16. The van der Waals surface area contributed by atoms with E-state index in [-0.39, 0.29) is 18.5 Å². The molecule has 0 aliphatic carbocycles. The van der Waals surface area contributed by atoms with E-state index in [9.17, 15) is 19.8 Å². The van der Waals surface area contributed by atoms with E-state index in [1.165, 1.54) is 199 Å². The van der Waals surface area contributed by atoms with Crippen molar-refractivity contribution in [2.45, 2.75) is 309 Å². The molecule has 0 aromatic rings. The molecule has 0 rings (SSSR count). The molecule has 3 N–H and O–H groups in total. The normalized spacial score (nSPS) is 12.9. The lowest BCUT2D eigenvalue weighted by Gasteiger charge is -2.22. The van der Waals surface area contributed by atoms with Gasteiger partial charge in [-0.15, -0.1) is 0 Å². The van der Waals surface area contributed by atoms with E-state index < -0.39 is 12.1 Å². The molecule has 1 amide bonds. The maximum atomic E-state index is 12.5. The van der Waals surface area contributed by atoms with Gasteiger partial charge in [0.15, 0.2) is 0 Å². The number of hydrogen-bond acceptors (Lipinski definition) is 5. The van der Waals surface area contributed by atoms with Crippen LogP contribution in [0, 0.1) is 0 Å². The number of hydrogen-bond donors (Lipinski definition) is 3. The first-order chi connectivity index (χ1) is 31.5. The van der Waals surface area contributed by atoms with Gasteiger partial charge >= 0.3 is 5.97 Å². The van der Waals surface area contributed by atoms with Crippen molar-refractivity contribution in [3.8, 4) is 0 Å². The molecular weight excluding hydrogens is 791 g/mol. The van der Waals surface area contributed by atoms with Gasteiger partial charge in [-0.3, -0.25) is 9.59 Å². The van der Waals surface area contributed by atoms with Gasteiger partial charge in [0.05, 0.1) is 25.4 Å². The molecule has 0 bridgehead atoms. The predicted octanol–water partition coefficient (Wildman–Crippen LogP) is 17.2. The fourth-order valence-electron chi connectivity index (χ4n) is 8.55. The number of nitrogens with one attached hydrogen (secondary N) is 1. The average molecular weight is 901 g/mol. The predicted molar refractivity (Wildman–Crippen MR) is 278 cm³/mol. The molecule has 0 aromatic heterocycles. The molecule has 0 aliphatic heterocycles. The summed E-state index contributed by atoms with van der Waals surface area (Å²) in [6, 6.07) is -0.551. The van der Waals surface area contributed by atoms with Crippen molar-refractivity contribution < 1.29 is 24.5 Å². The van der Waals surface area contributed by atoms with Gasteiger partial charge in [0.25, 0.3) is 0 Å². The Hall–Kier alpha value is -1.92. The highest BCUT2D eigenvalue weighted by Gasteiger charge is 2.20. The minimum atomic E-state index is -0.672. The quantitative estimate of drug-likeness (QED) is 0.0321. The van der Waals surface area contributed by atoms with E-state index in [0.29, 0.717) is 25.9 Å². The lowest BCUT2D eigenvalue weighted by atomic mass is 10.0. The number of unbranched alkanes of at least 4 members (excludes halogenated alkanes) is 35. The van der Waals surface area contributed by atoms with E-state index in [1.807, 2.05) is 0 Å². The molecule has 0 spiro atoms. The molecule has 0 fully saturated rings. The van der Waals surface area contributed by atoms with Gasteiger partial charge in [-0.25, -0.2) is 0 Å². The number of rotatable bonds is 52. The number of amides is 1. The minimum Gasteiger partial charge on any atom is -0.466 e. The first-order valence-corrected chi connectivity index (χ1v) is 28.2. The summed E-state index contributed by atoms with van der Waals surface area (Å²) in [5.41, 5.74) is 0. The number of carbonyl (C=O) groups excluding carboxylic acids is 2. The van der Waals surface area contributed by atoms with Crippen LogP contribution < -0.4 is 5.32 Å². The van der Waals surface area contributed by atoms with Crippen LogP contribution in [0.3, 0.4) is 0 Å². The van der Waals surface area contributed by atoms with Crippen LogP contribution in [0.25, 0.3) is 0 Å². The number of esters is 1. The van der Waals surface area contributed by atoms with Crippen molar-refractivity contribution >= 4 is 11.9 Å². The van der Waals surface area contributed by atoms with Gasteiger partial charge in [-0.05, 0) is 83.5 Å². The third-order valence-electron chi connectivity index (χ3n) is 12.9. The van der Waals surface area contributed by atoms with Gasteiger partial charge in [0.1, 0.15) is 0 Å². The standard InChI is InChI=1S/C58H109NO5/c1-3-5-7-9-11-13-15-17-22-26-30-34-38-42-46-50-56(61)55(54-60)59-57(62)51-47-43-39-35-31-27-24-20-19-21-25-29-33-37-41-45-49-53-64-58(63)52-48-44-40-36-32-28-23-18-16-14-12-10-8-6-4-2/h12,14,18-19,21,23,55-56,60-61H,3-11,13,15-17,20,22,24-54H2,1-2H3,(H,59,62)/b14-12-,21-19-,23-18-. The third-order valence-corrected chi connectivity index (χ3v) is 12.9. The van der Waals surface area contributed by atoms with Crippen molar-refractivity contribution in [2.24, 2.45) is 0 Å². The Morgan fingerprint density at radius 2 is 0.781 bits per heavy atom. The average Bonchev–Trinajstić information content (AvgIpc) is 3.29. The SMILES string of the molecule is CCCCC/C=C\C/C=C\CCCCCCCC(=O)OCCCCCCCC/C=C\CCCCCCCCCC(=O)NC(CO)C(O)CCCCCCCCCCCCCCCCC. The summed E-state index contributed by atoms with van der Waals surface area (Å²) in [4.78, 5) is 24.5. The fraction of sp³-hybridized carbons (Fsp3) is 0.862. The van der Waals surface area contributed by atoms with E-state index in [2.05, 4.69) is 55.6 Å². The number of allylic oxidation sites excluding steroid dienone is 6. The van der Waals surface area contributed by atoms with Crippen LogP contribution in [0.4, 0.5) is 0 Å². The van der Waals surface area contributed by atoms with Crippen LogP contribution >= 0.6 is 0 Å². The van der Waals surface area contributed by atoms with Gasteiger partial charge in [0.2, 0.25) is 5.91 Å². The molecule has 0 saturated heterocycles. The Balaban J connectivity index is 3.47. The molecule has 6 heteroatoms. The molecule has 0 radical (unpaired) electrons. The van der Waals surface area contributed by atoms with Gasteiger partial charge < -0.3 is 20.3 Å². The Labute approximate surface area is 398 Å². The lowest BCUT2D eigenvalue weighted by molar-refractivity contribution is -0.143. The third kappa shape index (κ3) is 49.5. The molecule has 0 heterocycles. The molecular formula is C58H109NO5. The van der Waals surface area contributed by atoms with Crippen LogP contribution in [0.2, 0.25) is 0 Å². The molecule has 6 nitrogen and oxygen atoms in total. The first kappa shape index (κ1) is 62.1. The zero-order valence-corrected chi connectivity index (χ0v) is 42.8. The van der Waals surface area contributed by atoms with Crippen LogP contribution in [0.5, 0.6) is 0 Å². The monoisotopic (exact) mass is 900 g/mol. The summed E-state index contributed by atoms with van der Waals surface area (Å²) in [5, 5.41) is 23.3. The van der Waals surface area contributed by atoms with Crippen LogP contribution in [-0.2, 0) is 14.3 Å². The molecule has 376 valence electrons. The molecule has 2 unspecified atom stereocenters. The summed E-state index contributed by atoms with van der Waals surface area (Å²) in [6.07, 6.45) is 65.5. The number of carbonyl (C=O) groups is 2. The zero-order valence-electron chi connectivity index (χ0n) is 42.8. The van der Waals surface area contributed by atoms with Crippen molar-refractivity contribution in [1.29, 1.82) is 0 Å². The fourth-order valence-corrected chi connectivity index (χ4v) is 8.55. The van der Waals surface area contributed by atoms with Crippen LogP contribution in [0.15, 0.2) is 36.5 Å². The molecule has 0 aromatic carbocycles. The second-order valence-corrected chi connectivity index (χ2v) is 19.3. The number of aliphatic hydroxyl groups is 2. The smallest absolute Gasteiger partial charge is 0.305 e. The first-order valence-electron chi connectivity index (χ1n) is 28.2. The van der Waals surface area contributed by atoms with Gasteiger partial charge in [-0.2, -0.15) is 0 Å². The largest absolute Gasteiger partial charge is 0.466 e. The molecule has 64 heavy (non-hydrogen) atoms. The van der Waals surface area contributed by atoms with E-state index in [4.69, 9.17) is 4.74 Å². The Bertz CT molecular complexity index is 1040. The summed E-state index contributed by atoms with van der Waals surface area (Å²) < 4.78 is 5.46. The zero-order chi connectivity index (χ0) is 46.5. The lowest BCUT2D eigenvalue weighted by Crippen LogP contribution is -2.45. The van der Waals surface area contributed by atoms with Crippen LogP contribution in [0.1, 0.15) is 296 Å². The molecule has 0 aliphatic rings. The summed E-state index contributed by atoms with van der Waals surface area (Å²) in [7, 11) is 0. The highest BCUT2D eigenvalue weighted by atomic mass is 16.5. The van der Waals surface area contributed by atoms with Crippen molar-refractivity contribution in [1.82, 2.24) is 5.32 Å². The van der Waals surface area contributed by atoms with Crippen molar-refractivity contribution in [2.75, 3.05) is 13.2 Å². The molecule has 2 atom stereocenters. The van der Waals surface area contributed by atoms with Crippen molar-refractivity contribution in [3.05, 3.63) is 36.5 Å². The highest BCUT2D eigenvalue weighted by molar-refractivity contribution is 5.76. The van der Waals surface area contributed by atoms with E-state index in [0.717, 1.165) is 64.2 Å². The van der Waals surface area contributed by atoms with Gasteiger partial charge in [-0.1, -0.05) is 237 Å². The number of aliphatic hydroxyl groups excluding tert-OH is 2. The Morgan fingerprint density at radius 3 is 1.23 bits per heavy atom. The maximum absolute atomic E-state index is 12.5. The molecule has 0 saturated carbocycles. The summed E-state index contributed by atoms with van der Waals surface area (Å²) in [5.74, 6) is -0.0629. The second-order valence-electron chi connectivity index (χ2n) is 19.3. The van der Waals surface area contributed by atoms with Gasteiger partial charge in [0, 0.05) is 12.8 Å². The topological polar surface area (TPSA) is 95.9 Å². The van der Waals surface area contributed by atoms with E-state index in [1.54, 1.807) is 0 Å². The summed E-state index contributed by atoms with van der Waals surface area (Å²) >= 11 is 0. The summed E-state index contributed by atoms with van der Waals surface area (Å²) in [6.45, 7) is 4.90. The maximum Gasteiger partial charge on any atom is 0.305 e. The van der Waals surface area contributed by atoms with E-state index >= 15 is 0 Å². The minimum absolute atomic E-state index is 0.0160. The van der Waals surface area contributed by atoms with Crippen molar-refractivity contribution in [3.63, 3.8) is 0 Å².